The smallest absolute Gasteiger partial charge is 0.340 e. The number of rotatable bonds is 5. The van der Waals surface area contributed by atoms with Gasteiger partial charge in [-0.1, -0.05) is 0 Å². The third-order valence-corrected chi connectivity index (χ3v) is 5.77. The van der Waals surface area contributed by atoms with E-state index >= 15 is 0 Å². The van der Waals surface area contributed by atoms with Gasteiger partial charge < -0.3 is 14.2 Å². The molecule has 1 aliphatic rings. The molecule has 7 heteroatoms. The normalized spacial score (nSPS) is 15.2. The van der Waals surface area contributed by atoms with Crippen LogP contribution >= 0.6 is 0 Å². The summed E-state index contributed by atoms with van der Waals surface area (Å²) in [5.74, 6) is -2.27. The fourth-order valence-electron chi connectivity index (χ4n) is 4.20. The number of hydrogen-bond acceptors (Lipinski definition) is 4. The lowest BCUT2D eigenvalue weighted by molar-refractivity contribution is 0.0527. The summed E-state index contributed by atoms with van der Waals surface area (Å²) in [6, 6.07) is 7.61. The predicted molar refractivity (Wildman–Crippen MR) is 115 cm³/mol. The summed E-state index contributed by atoms with van der Waals surface area (Å²) < 4.78 is 35.3. The summed E-state index contributed by atoms with van der Waals surface area (Å²) in [5.41, 5.74) is 3.02. The maximum absolute atomic E-state index is 14.2. The molecule has 1 fully saturated rings. The van der Waals surface area contributed by atoms with Gasteiger partial charge in [-0.05, 0) is 75.8 Å². The molecule has 1 saturated heterocycles. The van der Waals surface area contributed by atoms with Gasteiger partial charge in [-0.3, -0.25) is 4.98 Å². The fourth-order valence-corrected chi connectivity index (χ4v) is 4.20. The van der Waals surface area contributed by atoms with E-state index in [0.717, 1.165) is 37.6 Å². The molecule has 4 rings (SSSR count). The standard InChI is InChI=1S/C24H25F2N3O2/c1-3-31-24(30)19-15-29(18-8-12-28(2)13-9-18)23(17-4-5-20(25)21(26)14-17)22(19)16-6-10-27-11-7-16/h4-7,10-11,14-15,18H,3,8-9,12-13H2,1-2H3. The van der Waals surface area contributed by atoms with Crippen LogP contribution in [0.3, 0.4) is 0 Å². The highest BCUT2D eigenvalue weighted by Crippen LogP contribution is 2.41. The Morgan fingerprint density at radius 1 is 1.10 bits per heavy atom. The molecule has 1 aliphatic heterocycles. The highest BCUT2D eigenvalue weighted by molar-refractivity contribution is 6.02. The topological polar surface area (TPSA) is 47.4 Å². The molecule has 0 radical (unpaired) electrons. The molecule has 1 aromatic carbocycles. The van der Waals surface area contributed by atoms with Crippen molar-refractivity contribution in [3.05, 3.63) is 66.1 Å². The van der Waals surface area contributed by atoms with Crippen molar-refractivity contribution in [2.24, 2.45) is 0 Å². The number of pyridine rings is 1. The van der Waals surface area contributed by atoms with E-state index in [1.165, 1.54) is 6.07 Å². The molecule has 0 unspecified atom stereocenters. The Kier molecular flexibility index (Phi) is 6.13. The van der Waals surface area contributed by atoms with E-state index in [0.29, 0.717) is 22.4 Å². The van der Waals surface area contributed by atoms with Crippen LogP contribution in [-0.4, -0.2) is 47.2 Å². The van der Waals surface area contributed by atoms with Gasteiger partial charge in [0.2, 0.25) is 0 Å². The number of hydrogen-bond donors (Lipinski definition) is 0. The van der Waals surface area contributed by atoms with Crippen molar-refractivity contribution in [3.63, 3.8) is 0 Å². The molecule has 3 aromatic rings. The van der Waals surface area contributed by atoms with Gasteiger partial charge in [0.1, 0.15) is 0 Å². The van der Waals surface area contributed by atoms with Crippen LogP contribution in [0.15, 0.2) is 48.9 Å². The maximum Gasteiger partial charge on any atom is 0.340 e. The zero-order chi connectivity index (χ0) is 22.0. The van der Waals surface area contributed by atoms with Gasteiger partial charge >= 0.3 is 5.97 Å². The van der Waals surface area contributed by atoms with Crippen LogP contribution < -0.4 is 0 Å². The predicted octanol–water partition coefficient (Wildman–Crippen LogP) is 4.94. The fraction of sp³-hybridized carbons (Fsp3) is 0.333. The quantitative estimate of drug-likeness (QED) is 0.544. The second-order valence-electron chi connectivity index (χ2n) is 7.79. The molecular weight excluding hydrogens is 400 g/mol. The van der Waals surface area contributed by atoms with E-state index in [4.69, 9.17) is 4.74 Å². The van der Waals surface area contributed by atoms with E-state index in [1.54, 1.807) is 43.7 Å². The number of benzene rings is 1. The van der Waals surface area contributed by atoms with Crippen molar-refractivity contribution in [1.29, 1.82) is 0 Å². The molecule has 0 spiro atoms. The Balaban J connectivity index is 1.97. The van der Waals surface area contributed by atoms with Gasteiger partial charge in [0.15, 0.2) is 11.6 Å². The van der Waals surface area contributed by atoms with Gasteiger partial charge in [-0.25, -0.2) is 13.6 Å². The Morgan fingerprint density at radius 3 is 2.45 bits per heavy atom. The highest BCUT2D eigenvalue weighted by atomic mass is 19.2. The van der Waals surface area contributed by atoms with Crippen molar-refractivity contribution in [2.75, 3.05) is 26.7 Å². The van der Waals surface area contributed by atoms with E-state index in [2.05, 4.69) is 16.9 Å². The first-order valence-corrected chi connectivity index (χ1v) is 10.5. The minimum Gasteiger partial charge on any atom is -0.462 e. The summed E-state index contributed by atoms with van der Waals surface area (Å²) in [4.78, 5) is 19.2. The number of likely N-dealkylation sites (tertiary alicyclic amines) is 1. The monoisotopic (exact) mass is 425 g/mol. The summed E-state index contributed by atoms with van der Waals surface area (Å²) in [6.45, 7) is 3.83. The van der Waals surface area contributed by atoms with Crippen molar-refractivity contribution in [1.82, 2.24) is 14.5 Å². The zero-order valence-electron chi connectivity index (χ0n) is 17.6. The van der Waals surface area contributed by atoms with E-state index in [9.17, 15) is 13.6 Å². The van der Waals surface area contributed by atoms with Crippen LogP contribution in [-0.2, 0) is 4.74 Å². The van der Waals surface area contributed by atoms with Crippen molar-refractivity contribution >= 4 is 5.97 Å². The summed E-state index contributed by atoms with van der Waals surface area (Å²) >= 11 is 0. The lowest BCUT2D eigenvalue weighted by atomic mass is 9.97. The Labute approximate surface area is 180 Å². The minimum absolute atomic E-state index is 0.128. The first kappa shape index (κ1) is 21.2. The van der Waals surface area contributed by atoms with Gasteiger partial charge in [0.25, 0.3) is 0 Å². The second kappa shape index (κ2) is 8.98. The van der Waals surface area contributed by atoms with Gasteiger partial charge in [0, 0.05) is 35.8 Å². The number of esters is 1. The lowest BCUT2D eigenvalue weighted by Crippen LogP contribution is -2.31. The zero-order valence-corrected chi connectivity index (χ0v) is 17.6. The maximum atomic E-state index is 14.2. The number of aromatic nitrogens is 2. The third-order valence-electron chi connectivity index (χ3n) is 5.77. The number of carbonyl (C=O) groups excluding carboxylic acids is 1. The molecule has 162 valence electrons. The van der Waals surface area contributed by atoms with Crippen LogP contribution in [0.4, 0.5) is 8.78 Å². The Hall–Kier alpha value is -3.06. The largest absolute Gasteiger partial charge is 0.462 e. The highest BCUT2D eigenvalue weighted by Gasteiger charge is 2.29. The van der Waals surface area contributed by atoms with Gasteiger partial charge in [-0.15, -0.1) is 0 Å². The summed E-state index contributed by atoms with van der Waals surface area (Å²) in [6.07, 6.45) is 6.87. The molecule has 0 bridgehead atoms. The minimum atomic E-state index is -0.924. The average Bonchev–Trinajstić information content (AvgIpc) is 3.18. The van der Waals surface area contributed by atoms with E-state index < -0.39 is 17.6 Å². The van der Waals surface area contributed by atoms with Crippen LogP contribution in [0.1, 0.15) is 36.2 Å². The molecular formula is C24H25F2N3O2. The summed E-state index contributed by atoms with van der Waals surface area (Å²) in [7, 11) is 2.08. The Bertz CT molecular complexity index is 1070. The van der Waals surface area contributed by atoms with Crippen LogP contribution in [0.2, 0.25) is 0 Å². The van der Waals surface area contributed by atoms with Gasteiger partial charge in [-0.2, -0.15) is 0 Å². The summed E-state index contributed by atoms with van der Waals surface area (Å²) in [5, 5.41) is 0. The SMILES string of the molecule is CCOC(=O)c1cn(C2CCN(C)CC2)c(-c2ccc(F)c(F)c2)c1-c1ccncc1. The van der Waals surface area contributed by atoms with Gasteiger partial charge in [0.05, 0.1) is 17.9 Å². The van der Waals surface area contributed by atoms with Crippen LogP contribution in [0.5, 0.6) is 0 Å². The molecule has 0 saturated carbocycles. The second-order valence-corrected chi connectivity index (χ2v) is 7.79. The van der Waals surface area contributed by atoms with Crippen molar-refractivity contribution in [2.45, 2.75) is 25.8 Å². The molecule has 0 amide bonds. The molecule has 2 aromatic heterocycles. The number of nitrogens with zero attached hydrogens (tertiary/aromatic N) is 3. The molecule has 0 N–H and O–H groups in total. The average molecular weight is 425 g/mol. The molecule has 5 nitrogen and oxygen atoms in total. The first-order valence-electron chi connectivity index (χ1n) is 10.5. The number of piperidine rings is 1. The number of carbonyl (C=O) groups is 1. The Morgan fingerprint density at radius 2 is 1.81 bits per heavy atom. The molecule has 3 heterocycles. The molecule has 0 aliphatic carbocycles. The van der Waals surface area contributed by atoms with E-state index in [-0.39, 0.29) is 12.6 Å². The van der Waals surface area contributed by atoms with Crippen molar-refractivity contribution < 1.29 is 18.3 Å². The van der Waals surface area contributed by atoms with Crippen LogP contribution in [0.25, 0.3) is 22.4 Å². The first-order chi connectivity index (χ1) is 15.0. The van der Waals surface area contributed by atoms with E-state index in [1.807, 2.05) is 4.57 Å². The number of ether oxygens (including phenoxy) is 1. The molecule has 0 atom stereocenters. The van der Waals surface area contributed by atoms with Crippen LogP contribution in [0, 0.1) is 11.6 Å². The third kappa shape index (κ3) is 4.23. The molecule has 31 heavy (non-hydrogen) atoms. The number of halogens is 2. The lowest BCUT2D eigenvalue weighted by Gasteiger charge is -2.31. The van der Waals surface area contributed by atoms with Crippen molar-refractivity contribution in [3.8, 4) is 22.4 Å².